The van der Waals surface area contributed by atoms with Crippen molar-refractivity contribution in [3.63, 3.8) is 0 Å². The van der Waals surface area contributed by atoms with Crippen LogP contribution in [0, 0.1) is 0 Å². The van der Waals surface area contributed by atoms with Crippen LogP contribution in [-0.4, -0.2) is 137 Å². The van der Waals surface area contributed by atoms with Gasteiger partial charge in [-0.25, -0.2) is 0 Å². The van der Waals surface area contributed by atoms with Crippen LogP contribution in [0.25, 0.3) is 0 Å². The molecule has 0 unspecified atom stereocenters. The van der Waals surface area contributed by atoms with Crippen LogP contribution >= 0.6 is 11.8 Å². The summed E-state index contributed by atoms with van der Waals surface area (Å²) in [5.74, 6) is -2.03. The van der Waals surface area contributed by atoms with Crippen molar-refractivity contribution in [1.82, 2.24) is 0 Å². The summed E-state index contributed by atoms with van der Waals surface area (Å²) in [6.45, 7) is 14.6. The number of benzene rings is 7. The Morgan fingerprint density at radius 2 is 0.714 bits per heavy atom. The van der Waals surface area contributed by atoms with E-state index >= 15 is 0 Å². The number of carbonyl (C=O) groups excluding carboxylic acids is 3. The fourth-order valence-electron chi connectivity index (χ4n) is 11.7. The van der Waals surface area contributed by atoms with Gasteiger partial charge in [-0.2, -0.15) is 0 Å². The Morgan fingerprint density at radius 3 is 1.11 bits per heavy atom. The molecule has 10 rings (SSSR count). The van der Waals surface area contributed by atoms with Crippen molar-refractivity contribution >= 4 is 38.0 Å². The zero-order chi connectivity index (χ0) is 68.9. The first kappa shape index (κ1) is 73.7. The maximum Gasteiger partial charge on any atom is 0.303 e. The molecule has 98 heavy (non-hydrogen) atoms. The molecular weight excluding hydrogens is 1280 g/mol. The van der Waals surface area contributed by atoms with Crippen molar-refractivity contribution in [3.8, 4) is 0 Å². The Hall–Kier alpha value is -6.96. The first-order valence-corrected chi connectivity index (χ1v) is 37.2. The molecule has 18 nitrogen and oxygen atoms in total. The summed E-state index contributed by atoms with van der Waals surface area (Å²) >= 11 is 1.44. The van der Waals surface area contributed by atoms with E-state index in [-0.39, 0.29) is 46.2 Å². The first-order valence-electron chi connectivity index (χ1n) is 33.4. The van der Waals surface area contributed by atoms with Gasteiger partial charge < -0.3 is 70.7 Å². The highest BCUT2D eigenvalue weighted by Crippen LogP contribution is 2.44. The molecule has 0 radical (unpaired) electrons. The topological polar surface area (TPSA) is 190 Å². The fourth-order valence-corrected chi connectivity index (χ4v) is 14.1. The summed E-state index contributed by atoms with van der Waals surface area (Å²) in [5, 5.41) is -0.437. The minimum Gasteiger partial charge on any atom is -0.463 e. The van der Waals surface area contributed by atoms with E-state index in [2.05, 4.69) is 20.8 Å². The number of hydrogen-bond donors (Lipinski definition) is 0. The van der Waals surface area contributed by atoms with E-state index in [0.717, 1.165) is 38.3 Å². The summed E-state index contributed by atoms with van der Waals surface area (Å²) in [5.41, 5.74) is 4.48. The summed E-state index contributed by atoms with van der Waals surface area (Å²) in [6, 6.07) is 68.8. The zero-order valence-electron chi connectivity index (χ0n) is 57.0. The number of esters is 3. The Labute approximate surface area is 581 Å². The Bertz CT molecular complexity index is 3490. The smallest absolute Gasteiger partial charge is 0.303 e. The van der Waals surface area contributed by atoms with Crippen molar-refractivity contribution in [2.24, 2.45) is 0 Å². The third kappa shape index (κ3) is 21.3. The van der Waals surface area contributed by atoms with Gasteiger partial charge in [-0.05, 0) is 63.6 Å². The highest BCUT2D eigenvalue weighted by molar-refractivity contribution is 7.99. The van der Waals surface area contributed by atoms with E-state index in [1.165, 1.54) is 32.5 Å². The van der Waals surface area contributed by atoms with Crippen molar-refractivity contribution in [2.45, 2.75) is 195 Å². The number of carbonyl (C=O) groups is 3. The molecule has 0 N–H and O–H groups in total. The predicted molar refractivity (Wildman–Crippen MR) is 370 cm³/mol. The summed E-state index contributed by atoms with van der Waals surface area (Å²) in [4.78, 5) is 40.9. The van der Waals surface area contributed by atoms with E-state index in [1.807, 2.05) is 225 Å². The molecule has 7 aromatic rings. The Morgan fingerprint density at radius 1 is 0.378 bits per heavy atom. The molecule has 3 aliphatic rings. The first-order chi connectivity index (χ1) is 47.4. The summed E-state index contributed by atoms with van der Waals surface area (Å²) < 4.78 is 105. The van der Waals surface area contributed by atoms with Crippen LogP contribution < -0.4 is 0 Å². The predicted octanol–water partition coefficient (Wildman–Crippen LogP) is 13.3. The normalized spacial score (nSPS) is 25.8. The molecular formula is C78H92O18SSi. The lowest BCUT2D eigenvalue weighted by molar-refractivity contribution is -0.388. The van der Waals surface area contributed by atoms with Crippen molar-refractivity contribution in [1.29, 1.82) is 0 Å². The third-order valence-corrected chi connectivity index (χ3v) is 23.2. The van der Waals surface area contributed by atoms with Gasteiger partial charge >= 0.3 is 17.9 Å². The maximum atomic E-state index is 13.9. The average molecular weight is 1380 g/mol. The van der Waals surface area contributed by atoms with Gasteiger partial charge in [-0.3, -0.25) is 14.4 Å². The van der Waals surface area contributed by atoms with Crippen LogP contribution in [0.2, 0.25) is 18.1 Å². The van der Waals surface area contributed by atoms with Gasteiger partial charge in [0.1, 0.15) is 73.1 Å². The molecule has 0 saturated carbocycles. The molecule has 3 saturated heterocycles. The monoisotopic (exact) mass is 1380 g/mol. The van der Waals surface area contributed by atoms with E-state index in [9.17, 15) is 14.4 Å². The van der Waals surface area contributed by atoms with Crippen LogP contribution in [-0.2, 0) is 125 Å². The van der Waals surface area contributed by atoms with E-state index < -0.39 is 129 Å². The minimum absolute atomic E-state index is 0.0301. The second kappa shape index (κ2) is 36.4. The lowest BCUT2D eigenvalue weighted by Gasteiger charge is -2.52. The van der Waals surface area contributed by atoms with Crippen molar-refractivity contribution in [3.05, 3.63) is 246 Å². The SMILES string of the molecule is CC(=O)OC[C@H]1O[C@H](O[C@@H]2[C@@H](O[C@H]3[C@@H](OCc4ccccc4)[C@H](OCc4ccccc4)[C@@H](COCc4ccccc4)O[C@@H]3Sc3ccccc3)O[C@H](COCc3ccccc3)[C@@H](OCc3ccccc3)[C@@H]2OCc2ccccc2)[C@@H](OC(C)=O)[C@@H](O[Si](C)(C)C(C)(C)C)[C@@H]1OC(C)=O. The Balaban J connectivity index is 1.16. The third-order valence-electron chi connectivity index (χ3n) is 17.6. The second-order valence-corrected chi connectivity index (χ2v) is 32.0. The highest BCUT2D eigenvalue weighted by Gasteiger charge is 2.59. The molecule has 0 spiro atoms. The fraction of sp³-hybridized carbons (Fsp3) is 0.423. The summed E-state index contributed by atoms with van der Waals surface area (Å²) in [7, 11) is -2.95. The van der Waals surface area contributed by atoms with Crippen LogP contribution in [0.3, 0.4) is 0 Å². The quantitative estimate of drug-likeness (QED) is 0.0220. The molecule has 0 aromatic heterocycles. The van der Waals surface area contributed by atoms with Crippen molar-refractivity contribution in [2.75, 3.05) is 19.8 Å². The van der Waals surface area contributed by atoms with Crippen LogP contribution in [0.15, 0.2) is 217 Å². The Kier molecular flexibility index (Phi) is 27.4. The van der Waals surface area contributed by atoms with Gasteiger partial charge in [0.2, 0.25) is 0 Å². The van der Waals surface area contributed by atoms with Crippen molar-refractivity contribution < 1.29 is 85.1 Å². The summed E-state index contributed by atoms with van der Waals surface area (Å²) in [6.07, 6.45) is -16.7. The van der Waals surface area contributed by atoms with Crippen LogP contribution in [0.4, 0.5) is 0 Å². The number of ether oxygens (including phenoxy) is 14. The van der Waals surface area contributed by atoms with Gasteiger partial charge in [-0.15, -0.1) is 0 Å². The lowest BCUT2D eigenvalue weighted by Crippen LogP contribution is -2.69. The number of rotatable bonds is 32. The van der Waals surface area contributed by atoms with Crippen LogP contribution in [0.5, 0.6) is 0 Å². The van der Waals surface area contributed by atoms with E-state index in [4.69, 9.17) is 70.7 Å². The van der Waals surface area contributed by atoms with E-state index in [0.29, 0.717) is 6.61 Å². The molecule has 7 aromatic carbocycles. The molecule has 3 heterocycles. The molecule has 0 amide bonds. The number of hydrogen-bond acceptors (Lipinski definition) is 19. The largest absolute Gasteiger partial charge is 0.463 e. The van der Waals surface area contributed by atoms with Gasteiger partial charge in [0, 0.05) is 25.7 Å². The molecule has 15 atom stereocenters. The van der Waals surface area contributed by atoms with Crippen LogP contribution in [0.1, 0.15) is 74.9 Å². The molecule has 3 aliphatic heterocycles. The lowest BCUT2D eigenvalue weighted by atomic mass is 9.95. The van der Waals surface area contributed by atoms with Gasteiger partial charge in [0.15, 0.2) is 33.1 Å². The molecule has 0 bridgehead atoms. The minimum atomic E-state index is -2.95. The van der Waals surface area contributed by atoms with Gasteiger partial charge in [0.05, 0.1) is 52.9 Å². The molecule has 0 aliphatic carbocycles. The zero-order valence-corrected chi connectivity index (χ0v) is 58.8. The standard InChI is InChI=1S/C78H92O18SSi/c1-53(79)84-52-65-68(89-54(2)80)71(96-98(7,8)78(4,5)6)73(90-55(3)81)76(92-65)94-72-69(87-48-60-38-24-13-25-39-60)66(85-46-58-34-20-11-21-35-58)63(50-82-44-56-30-16-9-17-31-56)91-75(72)95-74-70(88-49-61-40-26-14-27-41-61)67(86-47-59-36-22-12-23-37-59)64(51-83-45-57-32-18-10-19-33-57)93-77(74)97-62-42-28-15-29-43-62/h9-43,63-77H,44-52H2,1-8H3/t63-,64-,65-,66-,67-,68-,69+,70+,71+,72+,73+,74+,75-,76-,77-/m1/s1. The molecule has 20 heteroatoms. The average Bonchev–Trinajstić information content (AvgIpc) is 0.761. The second-order valence-electron chi connectivity index (χ2n) is 26.1. The van der Waals surface area contributed by atoms with Gasteiger partial charge in [0.25, 0.3) is 0 Å². The molecule has 3 fully saturated rings. The molecule has 522 valence electrons. The maximum absolute atomic E-state index is 13.9. The number of thioether (sulfide) groups is 1. The van der Waals surface area contributed by atoms with Gasteiger partial charge in [-0.1, -0.05) is 233 Å². The van der Waals surface area contributed by atoms with E-state index in [1.54, 1.807) is 0 Å². The highest BCUT2D eigenvalue weighted by atomic mass is 32.2.